The summed E-state index contributed by atoms with van der Waals surface area (Å²) in [6.07, 6.45) is 4.76. The van der Waals surface area contributed by atoms with Crippen molar-refractivity contribution < 1.29 is 13.2 Å². The highest BCUT2D eigenvalue weighted by Crippen LogP contribution is 2.35. The first-order valence-corrected chi connectivity index (χ1v) is 12.0. The molecule has 2 fully saturated rings. The molecule has 1 aromatic heterocycles. The van der Waals surface area contributed by atoms with Crippen molar-refractivity contribution in [3.05, 3.63) is 51.9 Å². The van der Waals surface area contributed by atoms with Crippen molar-refractivity contribution in [3.63, 3.8) is 0 Å². The molecule has 0 spiro atoms. The van der Waals surface area contributed by atoms with Gasteiger partial charge in [-0.05, 0) is 49.5 Å². The molecule has 160 valence electrons. The van der Waals surface area contributed by atoms with Crippen molar-refractivity contribution in [1.82, 2.24) is 24.4 Å². The van der Waals surface area contributed by atoms with Gasteiger partial charge in [0.2, 0.25) is 15.9 Å². The number of amides is 1. The fraction of sp³-hybridized carbons (Fsp3) is 0.450. The zero-order valence-electron chi connectivity index (χ0n) is 16.5. The second-order valence-electron chi connectivity index (χ2n) is 7.70. The molecule has 1 aliphatic carbocycles. The van der Waals surface area contributed by atoms with Crippen molar-refractivity contribution in [2.24, 2.45) is 5.92 Å². The van der Waals surface area contributed by atoms with Crippen molar-refractivity contribution >= 4 is 34.2 Å². The third-order valence-corrected chi connectivity index (χ3v) is 7.38. The molecular weight excluding hydrogens is 422 g/mol. The van der Waals surface area contributed by atoms with E-state index in [2.05, 4.69) is 15.5 Å². The van der Waals surface area contributed by atoms with E-state index in [0.717, 1.165) is 24.2 Å². The van der Waals surface area contributed by atoms with Crippen LogP contribution in [0.1, 0.15) is 43.1 Å². The molecule has 30 heavy (non-hydrogen) atoms. The van der Waals surface area contributed by atoms with Gasteiger partial charge in [0.1, 0.15) is 0 Å². The second-order valence-corrected chi connectivity index (χ2v) is 9.90. The van der Waals surface area contributed by atoms with Crippen molar-refractivity contribution in [1.29, 1.82) is 0 Å². The van der Waals surface area contributed by atoms with Gasteiger partial charge in [-0.1, -0.05) is 30.3 Å². The number of hydrogen-bond acceptors (Lipinski definition) is 5. The first-order chi connectivity index (χ1) is 14.4. The molecule has 0 unspecified atom stereocenters. The number of carbonyl (C=O) groups is 1. The number of aromatic nitrogens is 3. The van der Waals surface area contributed by atoms with Crippen LogP contribution in [0.15, 0.2) is 35.7 Å². The minimum absolute atomic E-state index is 0.0665. The minimum atomic E-state index is -3.50. The van der Waals surface area contributed by atoms with Gasteiger partial charge in [0, 0.05) is 30.5 Å². The summed E-state index contributed by atoms with van der Waals surface area (Å²) in [6.45, 7) is 0.988. The van der Waals surface area contributed by atoms with E-state index < -0.39 is 10.0 Å². The third kappa shape index (κ3) is 4.88. The molecule has 2 aromatic rings. The lowest BCUT2D eigenvalue weighted by molar-refractivity contribution is -0.126. The summed E-state index contributed by atoms with van der Waals surface area (Å²) >= 11 is 5.26. The van der Waals surface area contributed by atoms with Crippen LogP contribution in [-0.2, 0) is 21.4 Å². The topological polar surface area (TPSA) is 100 Å². The first kappa shape index (κ1) is 21.0. The number of carbonyl (C=O) groups excluding carboxylic acids is 1. The lowest BCUT2D eigenvalue weighted by atomic mass is 9.97. The Kier molecular flexibility index (Phi) is 6.16. The summed E-state index contributed by atoms with van der Waals surface area (Å²) in [4.78, 5) is 12.6. The molecule has 2 heterocycles. The van der Waals surface area contributed by atoms with Crippen LogP contribution in [0.3, 0.4) is 0 Å². The SMILES string of the molecule is O=C(NCc1n[nH]c(=S)n1C1CC1)C1CCN(S(=O)(=O)/C=C/c2ccccc2)CC1. The van der Waals surface area contributed by atoms with Gasteiger partial charge in [0.05, 0.1) is 6.54 Å². The average Bonchev–Trinajstić information content (AvgIpc) is 3.53. The summed E-state index contributed by atoms with van der Waals surface area (Å²) in [6, 6.07) is 9.70. The van der Waals surface area contributed by atoms with E-state index in [0.29, 0.717) is 43.3 Å². The van der Waals surface area contributed by atoms with Crippen LogP contribution >= 0.6 is 12.2 Å². The van der Waals surface area contributed by atoms with Crippen molar-refractivity contribution in [3.8, 4) is 0 Å². The molecule has 2 aliphatic rings. The number of H-pyrrole nitrogens is 1. The molecule has 1 saturated carbocycles. The zero-order chi connectivity index (χ0) is 21.1. The number of sulfonamides is 1. The van der Waals surface area contributed by atoms with Gasteiger partial charge < -0.3 is 5.32 Å². The van der Waals surface area contributed by atoms with Crippen LogP contribution in [0, 0.1) is 10.7 Å². The highest BCUT2D eigenvalue weighted by molar-refractivity contribution is 7.92. The molecule has 0 atom stereocenters. The van der Waals surface area contributed by atoms with Gasteiger partial charge >= 0.3 is 0 Å². The predicted molar refractivity (Wildman–Crippen MR) is 116 cm³/mol. The Hall–Kier alpha value is -2.30. The van der Waals surface area contributed by atoms with Crippen LogP contribution in [0.5, 0.6) is 0 Å². The normalized spacial score (nSPS) is 18.7. The number of hydrogen-bond donors (Lipinski definition) is 2. The lowest BCUT2D eigenvalue weighted by Gasteiger charge is -2.29. The van der Waals surface area contributed by atoms with Gasteiger partial charge in [0.15, 0.2) is 10.6 Å². The van der Waals surface area contributed by atoms with Crippen LogP contribution < -0.4 is 5.32 Å². The number of benzene rings is 1. The Bertz CT molecular complexity index is 1080. The highest BCUT2D eigenvalue weighted by atomic mass is 32.2. The Morgan fingerprint density at radius 2 is 1.90 bits per heavy atom. The van der Waals surface area contributed by atoms with Gasteiger partial charge in [-0.15, -0.1) is 0 Å². The zero-order valence-corrected chi connectivity index (χ0v) is 18.2. The van der Waals surface area contributed by atoms with E-state index in [9.17, 15) is 13.2 Å². The fourth-order valence-electron chi connectivity index (χ4n) is 3.67. The molecule has 1 amide bonds. The smallest absolute Gasteiger partial charge is 0.236 e. The number of rotatable bonds is 7. The number of aromatic amines is 1. The van der Waals surface area contributed by atoms with Crippen LogP contribution in [0.4, 0.5) is 0 Å². The van der Waals surface area contributed by atoms with Crippen LogP contribution in [-0.4, -0.2) is 46.5 Å². The summed E-state index contributed by atoms with van der Waals surface area (Å²) in [5, 5.41) is 11.2. The van der Waals surface area contributed by atoms with E-state index >= 15 is 0 Å². The van der Waals surface area contributed by atoms with E-state index in [-0.39, 0.29) is 11.8 Å². The maximum atomic E-state index is 12.6. The maximum Gasteiger partial charge on any atom is 0.236 e. The molecule has 10 heteroatoms. The Labute approximate surface area is 181 Å². The summed E-state index contributed by atoms with van der Waals surface area (Å²) in [7, 11) is -3.50. The predicted octanol–water partition coefficient (Wildman–Crippen LogP) is 2.60. The van der Waals surface area contributed by atoms with Crippen molar-refractivity contribution in [2.45, 2.75) is 38.3 Å². The van der Waals surface area contributed by atoms with Gasteiger partial charge in [-0.2, -0.15) is 9.40 Å². The van der Waals surface area contributed by atoms with Gasteiger partial charge in [-0.25, -0.2) is 8.42 Å². The molecular formula is C20H25N5O3S2. The summed E-state index contributed by atoms with van der Waals surface area (Å²) in [5.74, 6) is 0.468. The van der Waals surface area contributed by atoms with Crippen molar-refractivity contribution in [2.75, 3.05) is 13.1 Å². The lowest BCUT2D eigenvalue weighted by Crippen LogP contribution is -2.42. The molecule has 2 N–H and O–H groups in total. The van der Waals surface area contributed by atoms with Gasteiger partial charge in [-0.3, -0.25) is 14.5 Å². The monoisotopic (exact) mass is 447 g/mol. The molecule has 0 radical (unpaired) electrons. The molecule has 1 saturated heterocycles. The standard InChI is InChI=1S/C20H25N5O3S2/c26-19(21-14-18-22-23-20(29)25(18)17-6-7-17)16-8-11-24(12-9-16)30(27,28)13-10-15-4-2-1-3-5-15/h1-5,10,13,16-17H,6-9,11-12,14H2,(H,21,26)(H,23,29)/b13-10+. The Balaban J connectivity index is 1.29. The molecule has 0 bridgehead atoms. The van der Waals surface area contributed by atoms with E-state index in [1.807, 2.05) is 34.9 Å². The fourth-order valence-corrected chi connectivity index (χ4v) is 5.19. The van der Waals surface area contributed by atoms with Crippen LogP contribution in [0.25, 0.3) is 6.08 Å². The largest absolute Gasteiger partial charge is 0.349 e. The van der Waals surface area contributed by atoms with E-state index in [1.165, 1.54) is 9.71 Å². The van der Waals surface area contributed by atoms with E-state index in [4.69, 9.17) is 12.2 Å². The molecule has 8 nitrogen and oxygen atoms in total. The number of nitrogens with zero attached hydrogens (tertiary/aromatic N) is 3. The van der Waals surface area contributed by atoms with Crippen LogP contribution in [0.2, 0.25) is 0 Å². The Morgan fingerprint density at radius 1 is 1.20 bits per heavy atom. The molecule has 1 aliphatic heterocycles. The Morgan fingerprint density at radius 3 is 2.57 bits per heavy atom. The number of nitrogens with one attached hydrogen (secondary N) is 2. The quantitative estimate of drug-likeness (QED) is 0.636. The number of piperidine rings is 1. The molecule has 4 rings (SSSR count). The molecule has 1 aromatic carbocycles. The maximum absolute atomic E-state index is 12.6. The second kappa shape index (κ2) is 8.83. The summed E-state index contributed by atoms with van der Waals surface area (Å²) < 4.78 is 29.1. The minimum Gasteiger partial charge on any atom is -0.349 e. The van der Waals surface area contributed by atoms with Gasteiger partial charge in [0.25, 0.3) is 0 Å². The summed E-state index contributed by atoms with van der Waals surface area (Å²) in [5.41, 5.74) is 0.833. The third-order valence-electron chi connectivity index (χ3n) is 5.53. The average molecular weight is 448 g/mol. The first-order valence-electron chi connectivity index (χ1n) is 10.1. The van der Waals surface area contributed by atoms with E-state index in [1.54, 1.807) is 6.08 Å². The highest BCUT2D eigenvalue weighted by Gasteiger charge is 2.31.